The van der Waals surface area contributed by atoms with Crippen molar-refractivity contribution in [3.05, 3.63) is 34.1 Å². The highest BCUT2D eigenvalue weighted by Gasteiger charge is 2.10. The zero-order valence-electron chi connectivity index (χ0n) is 12.9. The fraction of sp³-hybridized carbons (Fsp3) is 0.467. The monoisotopic (exact) mass is 368 g/mol. The average Bonchev–Trinajstić information content (AvgIpc) is 2.73. The number of halogens is 1. The van der Waals surface area contributed by atoms with Crippen LogP contribution in [-0.4, -0.2) is 21.3 Å². The van der Waals surface area contributed by atoms with E-state index in [2.05, 4.69) is 63.5 Å². The maximum absolute atomic E-state index is 4.19. The summed E-state index contributed by atoms with van der Waals surface area (Å²) < 4.78 is 3.09. The summed E-state index contributed by atoms with van der Waals surface area (Å²) >= 11 is 5.27. The molecule has 6 heteroatoms. The molecule has 1 aromatic heterocycles. The second-order valence-corrected chi connectivity index (χ2v) is 7.34. The smallest absolute Gasteiger partial charge is 0.195 e. The van der Waals surface area contributed by atoms with Gasteiger partial charge in [-0.3, -0.25) is 0 Å². The van der Waals surface area contributed by atoms with Crippen LogP contribution in [0.3, 0.4) is 0 Å². The molecule has 4 nitrogen and oxygen atoms in total. The lowest BCUT2D eigenvalue weighted by Crippen LogP contribution is -2.18. The molecule has 1 N–H and O–H groups in total. The van der Waals surface area contributed by atoms with Gasteiger partial charge >= 0.3 is 0 Å². The number of hydrogen-bond donors (Lipinski definition) is 1. The summed E-state index contributed by atoms with van der Waals surface area (Å²) in [6, 6.07) is 6.45. The molecule has 1 aromatic carbocycles. The van der Waals surface area contributed by atoms with E-state index in [1.165, 1.54) is 5.56 Å². The molecule has 0 bridgehead atoms. The first-order chi connectivity index (χ1) is 9.97. The second-order valence-electron chi connectivity index (χ2n) is 5.48. The normalized spacial score (nSPS) is 11.3. The van der Waals surface area contributed by atoms with E-state index in [0.717, 1.165) is 33.4 Å². The number of aryl methyl sites for hydroxylation is 1. The lowest BCUT2D eigenvalue weighted by molar-refractivity contribution is 0.552. The largest absolute Gasteiger partial charge is 0.312 e. The fourth-order valence-corrected chi connectivity index (χ4v) is 3.33. The van der Waals surface area contributed by atoms with E-state index < -0.39 is 0 Å². The van der Waals surface area contributed by atoms with Gasteiger partial charge in [-0.15, -0.1) is 10.2 Å². The zero-order valence-corrected chi connectivity index (χ0v) is 15.3. The fourth-order valence-electron chi connectivity index (χ4n) is 1.82. The first-order valence-electron chi connectivity index (χ1n) is 7.00. The minimum absolute atomic E-state index is 0.669. The highest BCUT2D eigenvalue weighted by atomic mass is 79.9. The van der Waals surface area contributed by atoms with Crippen LogP contribution in [0.5, 0.6) is 0 Å². The van der Waals surface area contributed by atoms with Gasteiger partial charge in [0, 0.05) is 23.0 Å². The summed E-state index contributed by atoms with van der Waals surface area (Å²) in [5.41, 5.74) is 1.28. The molecule has 0 aliphatic carbocycles. The van der Waals surface area contributed by atoms with Crippen molar-refractivity contribution >= 4 is 27.7 Å². The Hall–Kier alpha value is -0.850. The van der Waals surface area contributed by atoms with Crippen LogP contribution in [0.25, 0.3) is 0 Å². The van der Waals surface area contributed by atoms with E-state index in [9.17, 15) is 0 Å². The SMILES string of the molecule is Cc1nnc(Sc2ccc(CNCC(C)C)cc2Br)n1C. The molecule has 0 atom stereocenters. The van der Waals surface area contributed by atoms with Gasteiger partial charge in [-0.05, 0) is 64.8 Å². The molecule has 0 saturated carbocycles. The van der Waals surface area contributed by atoms with Crippen LogP contribution in [0.4, 0.5) is 0 Å². The number of aromatic nitrogens is 3. The Kier molecular flexibility index (Phi) is 5.84. The Bertz CT molecular complexity index is 610. The van der Waals surface area contributed by atoms with Crippen molar-refractivity contribution in [2.75, 3.05) is 6.54 Å². The van der Waals surface area contributed by atoms with Gasteiger partial charge in [-0.25, -0.2) is 0 Å². The molecule has 0 fully saturated rings. The average molecular weight is 369 g/mol. The quantitative estimate of drug-likeness (QED) is 0.842. The Morgan fingerprint density at radius 2 is 2.10 bits per heavy atom. The van der Waals surface area contributed by atoms with Gasteiger partial charge in [0.2, 0.25) is 0 Å². The number of rotatable bonds is 6. The van der Waals surface area contributed by atoms with Gasteiger partial charge in [0.05, 0.1) is 0 Å². The van der Waals surface area contributed by atoms with Crippen molar-refractivity contribution in [3.63, 3.8) is 0 Å². The molecule has 0 saturated heterocycles. The molecular formula is C15H21BrN4S. The van der Waals surface area contributed by atoms with E-state index in [-0.39, 0.29) is 0 Å². The highest BCUT2D eigenvalue weighted by molar-refractivity contribution is 9.10. The van der Waals surface area contributed by atoms with E-state index in [1.54, 1.807) is 11.8 Å². The van der Waals surface area contributed by atoms with Crippen LogP contribution in [0.15, 0.2) is 32.7 Å². The molecule has 114 valence electrons. The van der Waals surface area contributed by atoms with Gasteiger partial charge in [0.25, 0.3) is 0 Å². The van der Waals surface area contributed by atoms with Gasteiger partial charge in [-0.1, -0.05) is 19.9 Å². The first-order valence-corrected chi connectivity index (χ1v) is 8.61. The molecule has 0 aliphatic rings. The van der Waals surface area contributed by atoms with Crippen LogP contribution in [0.2, 0.25) is 0 Å². The number of hydrogen-bond acceptors (Lipinski definition) is 4. The Morgan fingerprint density at radius 1 is 1.33 bits per heavy atom. The molecule has 0 radical (unpaired) electrons. The van der Waals surface area contributed by atoms with E-state index in [4.69, 9.17) is 0 Å². The molecule has 21 heavy (non-hydrogen) atoms. The van der Waals surface area contributed by atoms with Crippen LogP contribution < -0.4 is 5.32 Å². The Labute approximate surface area is 138 Å². The van der Waals surface area contributed by atoms with Crippen LogP contribution >= 0.6 is 27.7 Å². The summed E-state index contributed by atoms with van der Waals surface area (Å²) in [5, 5.41) is 12.6. The first kappa shape index (κ1) is 16.5. The van der Waals surface area contributed by atoms with Crippen molar-refractivity contribution in [2.45, 2.75) is 37.4 Å². The van der Waals surface area contributed by atoms with Crippen LogP contribution in [-0.2, 0) is 13.6 Å². The van der Waals surface area contributed by atoms with Crippen molar-refractivity contribution in [2.24, 2.45) is 13.0 Å². The molecule has 2 aromatic rings. The van der Waals surface area contributed by atoms with Crippen LogP contribution in [0, 0.1) is 12.8 Å². The molecule has 0 amide bonds. The lowest BCUT2D eigenvalue weighted by Gasteiger charge is -2.09. The molecular weight excluding hydrogens is 348 g/mol. The third kappa shape index (κ3) is 4.56. The lowest BCUT2D eigenvalue weighted by atomic mass is 10.2. The standard InChI is InChI=1S/C15H21BrN4S/c1-10(2)8-17-9-12-5-6-14(13(16)7-12)21-15-19-18-11(3)20(15)4/h5-7,10,17H,8-9H2,1-4H3. The Balaban J connectivity index is 2.03. The molecule has 1 heterocycles. The van der Waals surface area contributed by atoms with Crippen molar-refractivity contribution in [1.29, 1.82) is 0 Å². The molecule has 2 rings (SSSR count). The minimum Gasteiger partial charge on any atom is -0.312 e. The van der Waals surface area contributed by atoms with Gasteiger partial charge in [0.1, 0.15) is 5.82 Å². The summed E-state index contributed by atoms with van der Waals surface area (Å²) in [4.78, 5) is 1.15. The van der Waals surface area contributed by atoms with Gasteiger partial charge in [-0.2, -0.15) is 0 Å². The summed E-state index contributed by atoms with van der Waals surface area (Å²) in [5.74, 6) is 1.59. The summed E-state index contributed by atoms with van der Waals surface area (Å²) in [6.45, 7) is 8.31. The van der Waals surface area contributed by atoms with Gasteiger partial charge in [0.15, 0.2) is 5.16 Å². The number of nitrogens with zero attached hydrogens (tertiary/aromatic N) is 3. The van der Waals surface area contributed by atoms with Crippen LogP contribution in [0.1, 0.15) is 25.2 Å². The predicted molar refractivity (Wildman–Crippen MR) is 90.5 cm³/mol. The minimum atomic E-state index is 0.669. The second kappa shape index (κ2) is 7.42. The van der Waals surface area contributed by atoms with Gasteiger partial charge < -0.3 is 9.88 Å². The maximum atomic E-state index is 4.19. The zero-order chi connectivity index (χ0) is 15.4. The third-order valence-corrected chi connectivity index (χ3v) is 5.16. The number of benzene rings is 1. The highest BCUT2D eigenvalue weighted by Crippen LogP contribution is 2.33. The van der Waals surface area contributed by atoms with E-state index >= 15 is 0 Å². The topological polar surface area (TPSA) is 42.7 Å². The van der Waals surface area contributed by atoms with Crippen molar-refractivity contribution in [1.82, 2.24) is 20.1 Å². The molecule has 0 aliphatic heterocycles. The van der Waals surface area contributed by atoms with Crippen molar-refractivity contribution < 1.29 is 0 Å². The predicted octanol–water partition coefficient (Wildman–Crippen LogP) is 3.78. The summed E-state index contributed by atoms with van der Waals surface area (Å²) in [7, 11) is 1.98. The number of nitrogens with one attached hydrogen (secondary N) is 1. The molecule has 0 unspecified atom stereocenters. The van der Waals surface area contributed by atoms with Crippen molar-refractivity contribution in [3.8, 4) is 0 Å². The summed E-state index contributed by atoms with van der Waals surface area (Å²) in [6.07, 6.45) is 0. The maximum Gasteiger partial charge on any atom is 0.195 e. The van der Waals surface area contributed by atoms with E-state index in [1.807, 2.05) is 18.5 Å². The third-order valence-electron chi connectivity index (χ3n) is 3.13. The Morgan fingerprint density at radius 3 is 2.67 bits per heavy atom. The van der Waals surface area contributed by atoms with E-state index in [0.29, 0.717) is 5.92 Å². The molecule has 0 spiro atoms.